The first kappa shape index (κ1) is 38.3. The SMILES string of the molecule is CO[C@H]1CC2C=C[C@H]3[C@H]4O[C@]2(/C(C)=C/[C@@H](C)[C@@H]([C@@H](C)OC(=O)c2ccccc2C[N+]25CC[N+](C)(CC2)CC5)OC1=O)[C@@H]3[C@H](O)[C@@H](C)[C@H]4OC(=O)C1=CC=CC1. The number of allylic oxidation sites excluding steroid dienone is 3. The molecule has 5 fully saturated rings. The number of rotatable bonds is 8. The number of hydrogen-bond donors (Lipinski definition) is 1. The predicted octanol–water partition coefficient (Wildman–Crippen LogP) is 4.30. The Hall–Kier alpha value is -3.61. The molecule has 11 heteroatoms. The van der Waals surface area contributed by atoms with Gasteiger partial charge in [0.2, 0.25) is 0 Å². The molecule has 5 aliphatic heterocycles. The van der Waals surface area contributed by atoms with Crippen LogP contribution in [0, 0.1) is 29.6 Å². The van der Waals surface area contributed by atoms with Gasteiger partial charge >= 0.3 is 17.9 Å². The van der Waals surface area contributed by atoms with Gasteiger partial charge < -0.3 is 37.8 Å². The lowest BCUT2D eigenvalue weighted by atomic mass is 9.57. The molecule has 6 bridgehead atoms. The number of piperazine rings is 3. The van der Waals surface area contributed by atoms with Gasteiger partial charge in [0.25, 0.3) is 0 Å². The van der Waals surface area contributed by atoms with E-state index in [-0.39, 0.29) is 30.1 Å². The molecule has 1 saturated carbocycles. The maximum Gasteiger partial charge on any atom is 0.339 e. The topological polar surface area (TPSA) is 118 Å². The number of fused-ring (bicyclic) bond motifs is 3. The summed E-state index contributed by atoms with van der Waals surface area (Å²) in [5, 5.41) is 12.1. The van der Waals surface area contributed by atoms with Crippen molar-refractivity contribution in [2.75, 3.05) is 53.4 Å². The summed E-state index contributed by atoms with van der Waals surface area (Å²) in [5.41, 5.74) is 2.00. The lowest BCUT2D eigenvalue weighted by molar-refractivity contribution is -1.08. The fourth-order valence-corrected chi connectivity index (χ4v) is 11.1. The number of hydrogen-bond acceptors (Lipinski definition) is 9. The predicted molar refractivity (Wildman–Crippen MR) is 203 cm³/mol. The molecule has 11 nitrogen and oxygen atoms in total. The molecule has 9 rings (SSSR count). The van der Waals surface area contributed by atoms with Crippen molar-refractivity contribution in [3.05, 3.63) is 83.0 Å². The van der Waals surface area contributed by atoms with Gasteiger partial charge in [0.05, 0.1) is 18.7 Å². The van der Waals surface area contributed by atoms with Gasteiger partial charge in [-0.2, -0.15) is 0 Å². The second kappa shape index (κ2) is 14.4. The summed E-state index contributed by atoms with van der Waals surface area (Å²) in [6.45, 7) is 15.2. The number of carbonyl (C=O) groups is 3. The number of methoxy groups -OCH3 is 1. The summed E-state index contributed by atoms with van der Waals surface area (Å²) in [6, 6.07) is 7.73. The fourth-order valence-electron chi connectivity index (χ4n) is 11.1. The maximum atomic E-state index is 14.0. The van der Waals surface area contributed by atoms with Gasteiger partial charge in [-0.15, -0.1) is 0 Å². The van der Waals surface area contributed by atoms with Crippen LogP contribution in [0.5, 0.6) is 0 Å². The van der Waals surface area contributed by atoms with E-state index in [0.29, 0.717) is 17.6 Å². The van der Waals surface area contributed by atoms with Crippen LogP contribution in [-0.4, -0.2) is 128 Å². The Bertz CT molecular complexity index is 1810. The summed E-state index contributed by atoms with van der Waals surface area (Å²) in [4.78, 5) is 41.2. The summed E-state index contributed by atoms with van der Waals surface area (Å²) in [5.74, 6) is -3.04. The molecule has 1 spiro atoms. The molecule has 55 heavy (non-hydrogen) atoms. The molecule has 0 radical (unpaired) electrons. The summed E-state index contributed by atoms with van der Waals surface area (Å²) >= 11 is 0. The van der Waals surface area contributed by atoms with Crippen molar-refractivity contribution in [2.24, 2.45) is 29.6 Å². The van der Waals surface area contributed by atoms with E-state index in [4.69, 9.17) is 23.7 Å². The van der Waals surface area contributed by atoms with Crippen LogP contribution >= 0.6 is 0 Å². The number of aliphatic hydroxyl groups excluding tert-OH is 1. The third-order valence-corrected chi connectivity index (χ3v) is 14.5. The van der Waals surface area contributed by atoms with Gasteiger partial charge in [-0.05, 0) is 38.3 Å². The van der Waals surface area contributed by atoms with E-state index in [2.05, 4.69) is 25.3 Å². The Morgan fingerprint density at radius 1 is 1.05 bits per heavy atom. The molecule has 1 aromatic rings. The van der Waals surface area contributed by atoms with Gasteiger partial charge in [-0.25, -0.2) is 14.4 Å². The van der Waals surface area contributed by atoms with Crippen LogP contribution in [-0.2, 0) is 39.8 Å². The van der Waals surface area contributed by atoms with Crippen molar-refractivity contribution >= 4 is 17.9 Å². The largest absolute Gasteiger partial charge is 0.456 e. The highest BCUT2D eigenvalue weighted by Crippen LogP contribution is 2.61. The highest BCUT2D eigenvalue weighted by molar-refractivity contribution is 5.91. The van der Waals surface area contributed by atoms with E-state index >= 15 is 0 Å². The third kappa shape index (κ3) is 6.53. The van der Waals surface area contributed by atoms with Crippen LogP contribution in [0.1, 0.15) is 56.5 Å². The van der Waals surface area contributed by atoms with E-state index in [0.717, 1.165) is 65.9 Å². The number of carbonyl (C=O) groups excluding carboxylic acids is 3. The Morgan fingerprint density at radius 3 is 2.47 bits per heavy atom. The number of nitrogens with zero attached hydrogens (tertiary/aromatic N) is 2. The molecule has 296 valence electrons. The Labute approximate surface area is 324 Å². The number of aliphatic hydroxyl groups is 1. The number of likely N-dealkylation sites (N-methyl/N-ethyl adjacent to an activating group) is 1. The molecule has 5 heterocycles. The summed E-state index contributed by atoms with van der Waals surface area (Å²) in [7, 11) is 3.84. The zero-order valence-corrected chi connectivity index (χ0v) is 33.1. The van der Waals surface area contributed by atoms with Crippen molar-refractivity contribution in [3.63, 3.8) is 0 Å². The van der Waals surface area contributed by atoms with E-state index in [1.807, 2.05) is 57.2 Å². The molecule has 3 aliphatic carbocycles. The quantitative estimate of drug-likeness (QED) is 0.179. The number of cyclic esters (lactones) is 1. The first-order valence-corrected chi connectivity index (χ1v) is 20.3. The highest BCUT2D eigenvalue weighted by Gasteiger charge is 2.69. The van der Waals surface area contributed by atoms with Crippen molar-refractivity contribution in [2.45, 2.75) is 89.3 Å². The standard InChI is InChI=1S/C44H58N2O9/c1-26-23-27(2)44-32(15-16-34-36(44)37(47)28(3)39(40(34)55-44)54-41(48)30-11-7-8-12-30)24-35(51-6)43(50)53-38(26)29(4)52-42(49)33-14-10-9-13-31(33)25-46-20-17-45(5,18-21-46)19-22-46/h7-11,13-16,23,26,28-29,32,34-40,47H,12,17-22,24-25H2,1-6H3/q+2/b27-23+/t26-,28-,29-,32?,34-,35+,36+,37-,38+,39-,40-,44+,45?,46?/m1/s1. The molecule has 1 N–H and O–H groups in total. The minimum Gasteiger partial charge on any atom is -0.456 e. The molecule has 1 aromatic carbocycles. The monoisotopic (exact) mass is 758 g/mol. The highest BCUT2D eigenvalue weighted by atomic mass is 16.6. The molecule has 0 aromatic heterocycles. The van der Waals surface area contributed by atoms with Crippen LogP contribution in [0.2, 0.25) is 0 Å². The summed E-state index contributed by atoms with van der Waals surface area (Å²) < 4.78 is 33.7. The molecule has 4 saturated heterocycles. The number of benzene rings is 1. The second-order valence-corrected chi connectivity index (χ2v) is 17.8. The van der Waals surface area contributed by atoms with Gasteiger partial charge in [0.1, 0.15) is 75.8 Å². The average Bonchev–Trinajstić information content (AvgIpc) is 3.78. The zero-order valence-electron chi connectivity index (χ0n) is 33.1. The Balaban J connectivity index is 1.06. The van der Waals surface area contributed by atoms with Crippen LogP contribution in [0.4, 0.5) is 0 Å². The minimum absolute atomic E-state index is 0.204. The molecule has 12 atom stereocenters. The zero-order chi connectivity index (χ0) is 38.9. The molecular formula is C44H58N2O9+2. The van der Waals surface area contributed by atoms with Crippen molar-refractivity contribution in [3.8, 4) is 0 Å². The second-order valence-electron chi connectivity index (χ2n) is 17.8. The van der Waals surface area contributed by atoms with Gasteiger partial charge in [0, 0.05) is 47.8 Å². The Kier molecular flexibility index (Phi) is 10.0. The van der Waals surface area contributed by atoms with Crippen LogP contribution in [0.3, 0.4) is 0 Å². The minimum atomic E-state index is -0.995. The van der Waals surface area contributed by atoms with Crippen LogP contribution in [0.25, 0.3) is 0 Å². The molecule has 0 amide bonds. The summed E-state index contributed by atoms with van der Waals surface area (Å²) in [6.07, 6.45) is 7.92. The van der Waals surface area contributed by atoms with E-state index < -0.39 is 66.1 Å². The average molecular weight is 759 g/mol. The molecular weight excluding hydrogens is 700 g/mol. The number of quaternary nitrogens is 2. The third-order valence-electron chi connectivity index (χ3n) is 14.5. The van der Waals surface area contributed by atoms with Crippen LogP contribution in [0.15, 0.2) is 71.9 Å². The first-order chi connectivity index (χ1) is 26.3. The van der Waals surface area contributed by atoms with Crippen molar-refractivity contribution in [1.82, 2.24) is 0 Å². The van der Waals surface area contributed by atoms with Gasteiger partial charge in [0.15, 0.2) is 6.10 Å². The van der Waals surface area contributed by atoms with E-state index in [1.54, 1.807) is 13.0 Å². The van der Waals surface area contributed by atoms with Crippen molar-refractivity contribution in [1.29, 1.82) is 0 Å². The molecule has 8 aliphatic rings. The number of esters is 3. The van der Waals surface area contributed by atoms with E-state index in [1.165, 1.54) is 7.11 Å². The van der Waals surface area contributed by atoms with Gasteiger partial charge in [-0.3, -0.25) is 0 Å². The van der Waals surface area contributed by atoms with Crippen LogP contribution < -0.4 is 0 Å². The van der Waals surface area contributed by atoms with Crippen molar-refractivity contribution < 1.29 is 52.1 Å². The van der Waals surface area contributed by atoms with Gasteiger partial charge in [-0.1, -0.05) is 68.5 Å². The Morgan fingerprint density at radius 2 is 1.78 bits per heavy atom. The first-order valence-electron chi connectivity index (χ1n) is 20.3. The molecule has 1 unspecified atom stereocenters. The lowest BCUT2D eigenvalue weighted by Gasteiger charge is -2.54. The smallest absolute Gasteiger partial charge is 0.339 e. The van der Waals surface area contributed by atoms with E-state index in [9.17, 15) is 19.5 Å². The fraction of sp³-hybridized carbons (Fsp3) is 0.614. The lowest BCUT2D eigenvalue weighted by Crippen LogP contribution is -2.73. The normalized spacial score (nSPS) is 43.1. The maximum absolute atomic E-state index is 14.0. The number of ether oxygens (including phenoxy) is 5.